The predicted octanol–water partition coefficient (Wildman–Crippen LogP) is 2.63. The maximum Gasteiger partial charge on any atom is 0.270 e. The summed E-state index contributed by atoms with van der Waals surface area (Å²) in [5.74, 6) is 0.0701. The zero-order chi connectivity index (χ0) is 13.9. The van der Waals surface area contributed by atoms with Gasteiger partial charge in [-0.1, -0.05) is 17.7 Å². The predicted molar refractivity (Wildman–Crippen MR) is 80.4 cm³/mol. The number of nitrogens with zero attached hydrogens (tertiary/aromatic N) is 2. The van der Waals surface area contributed by atoms with Gasteiger partial charge in [-0.15, -0.1) is 0 Å². The fourth-order valence-electron chi connectivity index (χ4n) is 2.47. The molecule has 0 saturated carbocycles. The number of amides is 1. The summed E-state index contributed by atoms with van der Waals surface area (Å²) in [6, 6.07) is 11.5. The summed E-state index contributed by atoms with van der Waals surface area (Å²) in [5.41, 5.74) is 1.77. The fraction of sp³-hybridized carbons (Fsp3) is 0.267. The van der Waals surface area contributed by atoms with Crippen molar-refractivity contribution < 1.29 is 4.79 Å². The number of hydrogen-bond donors (Lipinski definition) is 1. The van der Waals surface area contributed by atoms with Crippen molar-refractivity contribution >= 4 is 23.2 Å². The molecule has 5 heteroatoms. The van der Waals surface area contributed by atoms with Crippen LogP contribution in [0.15, 0.2) is 42.6 Å². The molecule has 1 fully saturated rings. The van der Waals surface area contributed by atoms with Crippen molar-refractivity contribution in [1.82, 2.24) is 9.88 Å². The molecule has 1 amide bonds. The maximum absolute atomic E-state index is 12.2. The van der Waals surface area contributed by atoms with E-state index < -0.39 is 0 Å². The number of carbonyl (C=O) groups excluding carboxylic acids is 1. The molecule has 3 rings (SSSR count). The molecule has 1 aromatic carbocycles. The van der Waals surface area contributed by atoms with Crippen LogP contribution >= 0.6 is 11.6 Å². The lowest BCUT2D eigenvalue weighted by molar-refractivity contribution is 0.0741. The number of aromatic amines is 1. The second-order valence-corrected chi connectivity index (χ2v) is 5.28. The smallest absolute Gasteiger partial charge is 0.270 e. The molecule has 0 atom stereocenters. The molecule has 1 aliphatic rings. The molecule has 0 spiro atoms. The standard InChI is InChI=1S/C15H16ClN3O/c16-12-3-1-4-13(11-12)18-7-9-19(10-8-18)15(20)14-5-2-6-17-14/h1-6,11,17H,7-10H2. The van der Waals surface area contributed by atoms with E-state index in [1.807, 2.05) is 41.3 Å². The van der Waals surface area contributed by atoms with Crippen molar-refractivity contribution in [2.45, 2.75) is 0 Å². The van der Waals surface area contributed by atoms with Gasteiger partial charge in [0.2, 0.25) is 0 Å². The van der Waals surface area contributed by atoms with Gasteiger partial charge in [-0.3, -0.25) is 4.79 Å². The number of halogens is 1. The molecule has 0 bridgehead atoms. The Kier molecular flexibility index (Phi) is 3.65. The fourth-order valence-corrected chi connectivity index (χ4v) is 2.66. The maximum atomic E-state index is 12.2. The third kappa shape index (κ3) is 2.65. The molecule has 4 nitrogen and oxygen atoms in total. The van der Waals surface area contributed by atoms with Crippen LogP contribution < -0.4 is 4.90 Å². The minimum Gasteiger partial charge on any atom is -0.368 e. The summed E-state index contributed by atoms with van der Waals surface area (Å²) in [7, 11) is 0. The molecule has 1 aromatic heterocycles. The lowest BCUT2D eigenvalue weighted by atomic mass is 10.2. The monoisotopic (exact) mass is 289 g/mol. The zero-order valence-corrected chi connectivity index (χ0v) is 11.8. The van der Waals surface area contributed by atoms with Crippen molar-refractivity contribution in [3.63, 3.8) is 0 Å². The van der Waals surface area contributed by atoms with Gasteiger partial charge in [-0.05, 0) is 30.3 Å². The number of benzene rings is 1. The Morgan fingerprint density at radius 2 is 1.90 bits per heavy atom. The molecule has 20 heavy (non-hydrogen) atoms. The molecular formula is C15H16ClN3O. The number of hydrogen-bond acceptors (Lipinski definition) is 2. The number of rotatable bonds is 2. The summed E-state index contributed by atoms with van der Waals surface area (Å²) in [6.07, 6.45) is 1.77. The highest BCUT2D eigenvalue weighted by Crippen LogP contribution is 2.21. The Balaban J connectivity index is 1.64. The topological polar surface area (TPSA) is 39.3 Å². The third-order valence-electron chi connectivity index (χ3n) is 3.57. The molecule has 0 aliphatic carbocycles. The van der Waals surface area contributed by atoms with E-state index in [-0.39, 0.29) is 5.91 Å². The first-order chi connectivity index (χ1) is 9.74. The van der Waals surface area contributed by atoms with Crippen LogP contribution in [0.3, 0.4) is 0 Å². The molecule has 1 aliphatic heterocycles. The number of aromatic nitrogens is 1. The van der Waals surface area contributed by atoms with Gasteiger partial charge in [0.1, 0.15) is 5.69 Å². The van der Waals surface area contributed by atoms with Crippen LogP contribution in [0.25, 0.3) is 0 Å². The van der Waals surface area contributed by atoms with Crippen LogP contribution in [0.5, 0.6) is 0 Å². The van der Waals surface area contributed by atoms with Crippen LogP contribution in [0.1, 0.15) is 10.5 Å². The van der Waals surface area contributed by atoms with Crippen LogP contribution in [0.4, 0.5) is 5.69 Å². The lowest BCUT2D eigenvalue weighted by Gasteiger charge is -2.36. The second kappa shape index (κ2) is 5.59. The number of H-pyrrole nitrogens is 1. The highest BCUT2D eigenvalue weighted by molar-refractivity contribution is 6.30. The number of anilines is 1. The third-order valence-corrected chi connectivity index (χ3v) is 3.80. The van der Waals surface area contributed by atoms with Gasteiger partial charge < -0.3 is 14.8 Å². The van der Waals surface area contributed by atoms with Gasteiger partial charge in [0.25, 0.3) is 5.91 Å². The van der Waals surface area contributed by atoms with Crippen LogP contribution in [-0.2, 0) is 0 Å². The zero-order valence-electron chi connectivity index (χ0n) is 11.1. The Bertz CT molecular complexity index is 589. The Hall–Kier alpha value is -1.94. The van der Waals surface area contributed by atoms with Gasteiger partial charge in [0, 0.05) is 43.1 Å². The van der Waals surface area contributed by atoms with E-state index in [9.17, 15) is 4.79 Å². The molecular weight excluding hydrogens is 274 g/mol. The van der Waals surface area contributed by atoms with Crippen molar-refractivity contribution in [3.8, 4) is 0 Å². The van der Waals surface area contributed by atoms with E-state index in [1.165, 1.54) is 0 Å². The summed E-state index contributed by atoms with van der Waals surface area (Å²) < 4.78 is 0. The van der Waals surface area contributed by atoms with Crippen molar-refractivity contribution in [1.29, 1.82) is 0 Å². The van der Waals surface area contributed by atoms with Gasteiger partial charge in [-0.2, -0.15) is 0 Å². The minimum absolute atomic E-state index is 0.0701. The summed E-state index contributed by atoms with van der Waals surface area (Å²) in [4.78, 5) is 19.3. The number of nitrogens with one attached hydrogen (secondary N) is 1. The molecule has 0 unspecified atom stereocenters. The van der Waals surface area contributed by atoms with E-state index in [0.29, 0.717) is 5.69 Å². The summed E-state index contributed by atoms with van der Waals surface area (Å²) >= 11 is 6.02. The molecule has 1 N–H and O–H groups in total. The minimum atomic E-state index is 0.0701. The van der Waals surface area contributed by atoms with E-state index in [4.69, 9.17) is 11.6 Å². The van der Waals surface area contributed by atoms with Crippen LogP contribution in [0.2, 0.25) is 5.02 Å². The van der Waals surface area contributed by atoms with E-state index >= 15 is 0 Å². The Morgan fingerprint density at radius 3 is 2.55 bits per heavy atom. The normalized spacial score (nSPS) is 15.4. The Labute approximate surface area is 123 Å². The molecule has 0 radical (unpaired) electrons. The second-order valence-electron chi connectivity index (χ2n) is 4.84. The molecule has 2 heterocycles. The van der Waals surface area contributed by atoms with Crippen molar-refractivity contribution in [3.05, 3.63) is 53.3 Å². The van der Waals surface area contributed by atoms with Crippen molar-refractivity contribution in [2.24, 2.45) is 0 Å². The largest absolute Gasteiger partial charge is 0.368 e. The molecule has 104 valence electrons. The van der Waals surface area contributed by atoms with Gasteiger partial charge in [0.05, 0.1) is 0 Å². The van der Waals surface area contributed by atoms with Gasteiger partial charge in [-0.25, -0.2) is 0 Å². The van der Waals surface area contributed by atoms with Crippen molar-refractivity contribution in [2.75, 3.05) is 31.1 Å². The quantitative estimate of drug-likeness (QED) is 0.923. The lowest BCUT2D eigenvalue weighted by Crippen LogP contribution is -2.48. The Morgan fingerprint density at radius 1 is 1.10 bits per heavy atom. The van der Waals surface area contributed by atoms with E-state index in [2.05, 4.69) is 9.88 Å². The highest BCUT2D eigenvalue weighted by atomic mass is 35.5. The van der Waals surface area contributed by atoms with Crippen LogP contribution in [0, 0.1) is 0 Å². The first-order valence-electron chi connectivity index (χ1n) is 6.67. The van der Waals surface area contributed by atoms with Gasteiger partial charge in [0.15, 0.2) is 0 Å². The first kappa shape index (κ1) is 13.1. The number of piperazine rings is 1. The summed E-state index contributed by atoms with van der Waals surface area (Å²) in [6.45, 7) is 3.11. The SMILES string of the molecule is O=C(c1ccc[nH]1)N1CCN(c2cccc(Cl)c2)CC1. The number of carbonyl (C=O) groups is 1. The first-order valence-corrected chi connectivity index (χ1v) is 7.05. The van der Waals surface area contributed by atoms with E-state index in [0.717, 1.165) is 36.9 Å². The molecule has 2 aromatic rings. The van der Waals surface area contributed by atoms with Gasteiger partial charge >= 0.3 is 0 Å². The average molecular weight is 290 g/mol. The summed E-state index contributed by atoms with van der Waals surface area (Å²) in [5, 5.41) is 0.743. The average Bonchev–Trinajstić information content (AvgIpc) is 3.01. The molecule has 1 saturated heterocycles. The van der Waals surface area contributed by atoms with E-state index in [1.54, 1.807) is 6.20 Å². The van der Waals surface area contributed by atoms with Crippen LogP contribution in [-0.4, -0.2) is 42.0 Å². The highest BCUT2D eigenvalue weighted by Gasteiger charge is 2.22.